The first kappa shape index (κ1) is 19.4. The molecule has 28 heavy (non-hydrogen) atoms. The zero-order valence-electron chi connectivity index (χ0n) is 17.1. The minimum atomic E-state index is 0.0990. The third kappa shape index (κ3) is 4.09. The number of amides is 2. The molecule has 1 N–H and O–H groups in total. The Morgan fingerprint density at radius 3 is 2.57 bits per heavy atom. The van der Waals surface area contributed by atoms with Crippen LogP contribution in [0.4, 0.5) is 0 Å². The molecular formula is C23H33N3O2. The Morgan fingerprint density at radius 2 is 1.96 bits per heavy atom. The number of benzene rings is 1. The molecule has 0 saturated carbocycles. The van der Waals surface area contributed by atoms with Gasteiger partial charge in [0.05, 0.1) is 0 Å². The maximum Gasteiger partial charge on any atom is 0.253 e. The normalized spacial score (nSPS) is 24.8. The van der Waals surface area contributed by atoms with Gasteiger partial charge < -0.3 is 15.1 Å². The van der Waals surface area contributed by atoms with Crippen LogP contribution in [0.15, 0.2) is 24.3 Å². The van der Waals surface area contributed by atoms with E-state index in [0.717, 1.165) is 64.1 Å². The summed E-state index contributed by atoms with van der Waals surface area (Å²) in [6.45, 7) is 7.49. The first-order chi connectivity index (χ1) is 13.6. The van der Waals surface area contributed by atoms with E-state index in [-0.39, 0.29) is 17.2 Å². The summed E-state index contributed by atoms with van der Waals surface area (Å²) in [5.74, 6) is 1.13. The molecule has 1 atom stereocenters. The highest BCUT2D eigenvalue weighted by Gasteiger charge is 2.44. The molecular weight excluding hydrogens is 350 g/mol. The molecule has 1 aromatic rings. The molecule has 3 heterocycles. The van der Waals surface area contributed by atoms with E-state index >= 15 is 0 Å². The average Bonchev–Trinajstić information content (AvgIpc) is 3.04. The fourth-order valence-electron chi connectivity index (χ4n) is 5.19. The van der Waals surface area contributed by atoms with Gasteiger partial charge in [-0.1, -0.05) is 12.1 Å². The van der Waals surface area contributed by atoms with Gasteiger partial charge in [-0.15, -0.1) is 0 Å². The number of likely N-dealkylation sites (tertiary alicyclic amines) is 2. The number of carbonyl (C=O) groups is 2. The maximum atomic E-state index is 12.9. The van der Waals surface area contributed by atoms with E-state index in [4.69, 9.17) is 0 Å². The fourth-order valence-corrected chi connectivity index (χ4v) is 5.19. The quantitative estimate of drug-likeness (QED) is 0.870. The van der Waals surface area contributed by atoms with E-state index in [1.807, 2.05) is 28.9 Å². The molecule has 4 rings (SSSR count). The Morgan fingerprint density at radius 1 is 1.21 bits per heavy atom. The van der Waals surface area contributed by atoms with Crippen LogP contribution in [0.2, 0.25) is 0 Å². The van der Waals surface area contributed by atoms with Crippen molar-refractivity contribution in [2.75, 3.05) is 39.3 Å². The van der Waals surface area contributed by atoms with Crippen LogP contribution in [-0.2, 0) is 11.2 Å². The van der Waals surface area contributed by atoms with Crippen molar-refractivity contribution in [1.29, 1.82) is 0 Å². The van der Waals surface area contributed by atoms with Crippen molar-refractivity contribution in [2.45, 2.75) is 45.4 Å². The highest BCUT2D eigenvalue weighted by Crippen LogP contribution is 2.41. The minimum Gasteiger partial charge on any atom is -0.342 e. The predicted molar refractivity (Wildman–Crippen MR) is 110 cm³/mol. The first-order valence-corrected chi connectivity index (χ1v) is 11.0. The van der Waals surface area contributed by atoms with Crippen molar-refractivity contribution in [3.8, 4) is 0 Å². The van der Waals surface area contributed by atoms with Crippen molar-refractivity contribution in [3.63, 3.8) is 0 Å². The number of rotatable bonds is 4. The van der Waals surface area contributed by atoms with Crippen LogP contribution >= 0.6 is 0 Å². The molecule has 152 valence electrons. The van der Waals surface area contributed by atoms with E-state index in [1.54, 1.807) is 0 Å². The zero-order valence-corrected chi connectivity index (χ0v) is 17.1. The second-order valence-corrected chi connectivity index (χ2v) is 8.99. The minimum absolute atomic E-state index is 0.0990. The summed E-state index contributed by atoms with van der Waals surface area (Å²) in [6, 6.07) is 8.25. The number of nitrogens with zero attached hydrogens (tertiary/aromatic N) is 2. The van der Waals surface area contributed by atoms with Crippen LogP contribution in [-0.4, -0.2) is 60.9 Å². The van der Waals surface area contributed by atoms with Crippen molar-refractivity contribution in [2.24, 2.45) is 11.3 Å². The topological polar surface area (TPSA) is 52.6 Å². The molecule has 3 saturated heterocycles. The standard InChI is InChI=1S/C23H33N3O2/c1-2-25-17-23(15-21(25)27)9-12-26(13-10-23)22(28)20-7-5-18(6-8-20)14-19-4-3-11-24-16-19/h5-8,19,24H,2-4,9-17H2,1H3/t19-/m1/s1. The molecule has 1 aromatic carbocycles. The molecule has 0 aliphatic carbocycles. The van der Waals surface area contributed by atoms with Gasteiger partial charge in [0.25, 0.3) is 5.91 Å². The Kier molecular flexibility index (Phi) is 5.72. The third-order valence-corrected chi connectivity index (χ3v) is 7.02. The molecule has 2 amide bonds. The van der Waals surface area contributed by atoms with Gasteiger partial charge in [-0.3, -0.25) is 9.59 Å². The lowest BCUT2D eigenvalue weighted by molar-refractivity contribution is -0.127. The lowest BCUT2D eigenvalue weighted by atomic mass is 9.77. The van der Waals surface area contributed by atoms with E-state index in [1.165, 1.54) is 18.4 Å². The monoisotopic (exact) mass is 383 g/mol. The van der Waals surface area contributed by atoms with Crippen molar-refractivity contribution >= 4 is 11.8 Å². The highest BCUT2D eigenvalue weighted by molar-refractivity contribution is 5.94. The lowest BCUT2D eigenvalue weighted by Gasteiger charge is -2.38. The van der Waals surface area contributed by atoms with Crippen LogP contribution in [0, 0.1) is 11.3 Å². The van der Waals surface area contributed by atoms with Crippen LogP contribution in [0.3, 0.4) is 0 Å². The largest absolute Gasteiger partial charge is 0.342 e. The van der Waals surface area contributed by atoms with Crippen LogP contribution in [0.25, 0.3) is 0 Å². The van der Waals surface area contributed by atoms with Crippen LogP contribution in [0.5, 0.6) is 0 Å². The van der Waals surface area contributed by atoms with Gasteiger partial charge in [-0.05, 0) is 75.7 Å². The van der Waals surface area contributed by atoms with Gasteiger partial charge >= 0.3 is 0 Å². The molecule has 1 spiro atoms. The molecule has 0 aromatic heterocycles. The lowest BCUT2D eigenvalue weighted by Crippen LogP contribution is -2.44. The zero-order chi connectivity index (χ0) is 19.6. The molecule has 0 unspecified atom stereocenters. The van der Waals surface area contributed by atoms with E-state index in [2.05, 4.69) is 17.4 Å². The summed E-state index contributed by atoms with van der Waals surface area (Å²) in [5.41, 5.74) is 2.22. The van der Waals surface area contributed by atoms with Gasteiger partial charge in [0.1, 0.15) is 0 Å². The molecule has 3 fully saturated rings. The number of hydrogen-bond donors (Lipinski definition) is 1. The van der Waals surface area contributed by atoms with Gasteiger partial charge in [0.2, 0.25) is 5.91 Å². The van der Waals surface area contributed by atoms with Gasteiger partial charge in [0.15, 0.2) is 0 Å². The molecule has 5 heteroatoms. The van der Waals surface area contributed by atoms with E-state index < -0.39 is 0 Å². The third-order valence-electron chi connectivity index (χ3n) is 7.02. The predicted octanol–water partition coefficient (Wildman–Crippen LogP) is 2.70. The number of nitrogens with one attached hydrogen (secondary N) is 1. The summed E-state index contributed by atoms with van der Waals surface area (Å²) in [7, 11) is 0. The number of hydrogen-bond acceptors (Lipinski definition) is 3. The average molecular weight is 384 g/mol. The summed E-state index contributed by atoms with van der Waals surface area (Å²) >= 11 is 0. The Bertz CT molecular complexity index is 701. The maximum absolute atomic E-state index is 12.9. The van der Waals surface area contributed by atoms with E-state index in [0.29, 0.717) is 12.3 Å². The van der Waals surface area contributed by atoms with Crippen LogP contribution < -0.4 is 5.32 Å². The molecule has 3 aliphatic rings. The Balaban J connectivity index is 1.32. The van der Waals surface area contributed by atoms with Gasteiger partial charge in [-0.25, -0.2) is 0 Å². The fraction of sp³-hybridized carbons (Fsp3) is 0.652. The van der Waals surface area contributed by atoms with Crippen molar-refractivity contribution in [3.05, 3.63) is 35.4 Å². The summed E-state index contributed by atoms with van der Waals surface area (Å²) in [6.07, 6.45) is 6.19. The summed E-state index contributed by atoms with van der Waals surface area (Å²) < 4.78 is 0. The second-order valence-electron chi connectivity index (χ2n) is 8.99. The molecule has 0 radical (unpaired) electrons. The molecule has 5 nitrogen and oxygen atoms in total. The van der Waals surface area contributed by atoms with Gasteiger partial charge in [0, 0.05) is 43.6 Å². The summed E-state index contributed by atoms with van der Waals surface area (Å²) in [5, 5.41) is 3.47. The Labute approximate surface area is 168 Å². The summed E-state index contributed by atoms with van der Waals surface area (Å²) in [4.78, 5) is 29.0. The first-order valence-electron chi connectivity index (χ1n) is 11.0. The highest BCUT2D eigenvalue weighted by atomic mass is 16.2. The number of carbonyl (C=O) groups excluding carboxylic acids is 2. The Hall–Kier alpha value is -1.88. The second kappa shape index (κ2) is 8.24. The van der Waals surface area contributed by atoms with Crippen LogP contribution in [0.1, 0.15) is 54.9 Å². The van der Waals surface area contributed by atoms with Crippen molar-refractivity contribution in [1.82, 2.24) is 15.1 Å². The molecule has 3 aliphatic heterocycles. The van der Waals surface area contributed by atoms with E-state index in [9.17, 15) is 9.59 Å². The number of piperidine rings is 2. The van der Waals surface area contributed by atoms with Gasteiger partial charge in [-0.2, -0.15) is 0 Å². The van der Waals surface area contributed by atoms with Crippen molar-refractivity contribution < 1.29 is 9.59 Å². The molecule has 0 bridgehead atoms. The SMILES string of the molecule is CCN1CC2(CCN(C(=O)c3ccc(C[C@H]4CCCNC4)cc3)CC2)CC1=O. The smallest absolute Gasteiger partial charge is 0.253 e.